The zero-order valence-electron chi connectivity index (χ0n) is 10.3. The molecule has 0 radical (unpaired) electrons. The molecule has 0 bridgehead atoms. The molecule has 0 aliphatic heterocycles. The third-order valence-electron chi connectivity index (χ3n) is 3.35. The van der Waals surface area contributed by atoms with Gasteiger partial charge in [-0.25, -0.2) is 0 Å². The molecular formula is C14H20O2S. The standard InChI is InChI=1S/C14H20O2S/c1-17-13-7-5-12(6-8-13)16-11-14(15)9-3-2-4-10-14/h5-8,15H,2-4,9-11H2,1H3. The van der Waals surface area contributed by atoms with E-state index in [-0.39, 0.29) is 0 Å². The minimum absolute atomic E-state index is 0.422. The molecule has 2 rings (SSSR count). The van der Waals surface area contributed by atoms with E-state index in [2.05, 4.69) is 6.26 Å². The Balaban J connectivity index is 1.87. The summed E-state index contributed by atoms with van der Waals surface area (Å²) in [6.45, 7) is 0.422. The predicted octanol–water partition coefficient (Wildman–Crippen LogP) is 3.48. The van der Waals surface area contributed by atoms with Gasteiger partial charge in [0.15, 0.2) is 0 Å². The Hall–Kier alpha value is -0.670. The van der Waals surface area contributed by atoms with Gasteiger partial charge in [-0.2, -0.15) is 0 Å². The highest BCUT2D eigenvalue weighted by Crippen LogP contribution is 2.29. The van der Waals surface area contributed by atoms with Crippen LogP contribution >= 0.6 is 11.8 Å². The minimum atomic E-state index is -0.601. The number of ether oxygens (including phenoxy) is 1. The van der Waals surface area contributed by atoms with E-state index in [4.69, 9.17) is 4.74 Å². The fraction of sp³-hybridized carbons (Fsp3) is 0.571. The molecule has 3 heteroatoms. The van der Waals surface area contributed by atoms with Crippen LogP contribution in [0.2, 0.25) is 0 Å². The van der Waals surface area contributed by atoms with Crippen molar-refractivity contribution in [3.8, 4) is 5.75 Å². The summed E-state index contributed by atoms with van der Waals surface area (Å²) >= 11 is 1.72. The van der Waals surface area contributed by atoms with Crippen LogP contribution in [-0.4, -0.2) is 23.6 Å². The van der Waals surface area contributed by atoms with E-state index in [0.29, 0.717) is 6.61 Å². The van der Waals surface area contributed by atoms with E-state index in [1.165, 1.54) is 11.3 Å². The lowest BCUT2D eigenvalue weighted by Crippen LogP contribution is -2.37. The normalized spacial score (nSPS) is 18.9. The van der Waals surface area contributed by atoms with Crippen LogP contribution in [0.15, 0.2) is 29.2 Å². The summed E-state index contributed by atoms with van der Waals surface area (Å²) in [4.78, 5) is 1.23. The van der Waals surface area contributed by atoms with Crippen molar-refractivity contribution in [2.75, 3.05) is 12.9 Å². The molecule has 1 aliphatic carbocycles. The summed E-state index contributed by atoms with van der Waals surface area (Å²) in [5, 5.41) is 10.3. The molecule has 0 amide bonds. The second-order valence-electron chi connectivity index (χ2n) is 4.75. The molecule has 0 unspecified atom stereocenters. The second kappa shape index (κ2) is 5.78. The van der Waals surface area contributed by atoms with Crippen LogP contribution in [0, 0.1) is 0 Å². The predicted molar refractivity (Wildman–Crippen MR) is 71.8 cm³/mol. The largest absolute Gasteiger partial charge is 0.491 e. The average Bonchev–Trinajstić information content (AvgIpc) is 2.38. The van der Waals surface area contributed by atoms with Gasteiger partial charge < -0.3 is 9.84 Å². The fourth-order valence-corrected chi connectivity index (χ4v) is 2.65. The van der Waals surface area contributed by atoms with E-state index in [1.54, 1.807) is 11.8 Å². The molecule has 17 heavy (non-hydrogen) atoms. The van der Waals surface area contributed by atoms with Crippen LogP contribution in [0.4, 0.5) is 0 Å². The maximum atomic E-state index is 10.3. The molecule has 0 spiro atoms. The first-order valence-electron chi connectivity index (χ1n) is 6.21. The summed E-state index contributed by atoms with van der Waals surface area (Å²) in [6.07, 6.45) is 7.27. The number of aliphatic hydroxyl groups is 1. The zero-order chi connectivity index (χ0) is 12.1. The molecule has 1 aromatic rings. The number of thioether (sulfide) groups is 1. The Morgan fingerprint density at radius 1 is 1.18 bits per heavy atom. The van der Waals surface area contributed by atoms with Gasteiger partial charge in [0.05, 0.1) is 5.60 Å². The van der Waals surface area contributed by atoms with Gasteiger partial charge in [-0.05, 0) is 43.4 Å². The van der Waals surface area contributed by atoms with Gasteiger partial charge in [-0.15, -0.1) is 11.8 Å². The molecule has 1 saturated carbocycles. The van der Waals surface area contributed by atoms with Gasteiger partial charge in [0.25, 0.3) is 0 Å². The third-order valence-corrected chi connectivity index (χ3v) is 4.09. The van der Waals surface area contributed by atoms with Gasteiger partial charge in [0, 0.05) is 4.90 Å². The Labute approximate surface area is 107 Å². The summed E-state index contributed by atoms with van der Waals surface area (Å²) < 4.78 is 5.69. The molecule has 1 aliphatic rings. The van der Waals surface area contributed by atoms with Gasteiger partial charge in [0.2, 0.25) is 0 Å². The van der Waals surface area contributed by atoms with Gasteiger partial charge in [0.1, 0.15) is 12.4 Å². The lowest BCUT2D eigenvalue weighted by Gasteiger charge is -2.31. The molecule has 0 aromatic heterocycles. The molecule has 94 valence electrons. The molecule has 0 saturated heterocycles. The Kier molecular flexibility index (Phi) is 4.35. The maximum absolute atomic E-state index is 10.3. The van der Waals surface area contributed by atoms with Gasteiger partial charge in [-0.3, -0.25) is 0 Å². The van der Waals surface area contributed by atoms with Crippen LogP contribution in [0.5, 0.6) is 5.75 Å². The highest BCUT2D eigenvalue weighted by atomic mass is 32.2. The van der Waals surface area contributed by atoms with Gasteiger partial charge >= 0.3 is 0 Å². The van der Waals surface area contributed by atoms with Crippen molar-refractivity contribution >= 4 is 11.8 Å². The van der Waals surface area contributed by atoms with E-state index in [9.17, 15) is 5.11 Å². The number of rotatable bonds is 4. The smallest absolute Gasteiger partial charge is 0.119 e. The topological polar surface area (TPSA) is 29.5 Å². The lowest BCUT2D eigenvalue weighted by molar-refractivity contribution is -0.0339. The number of hydrogen-bond acceptors (Lipinski definition) is 3. The van der Waals surface area contributed by atoms with Crippen LogP contribution < -0.4 is 4.74 Å². The molecule has 0 heterocycles. The molecule has 1 aromatic carbocycles. The molecular weight excluding hydrogens is 232 g/mol. The summed E-state index contributed by atoms with van der Waals surface area (Å²) in [7, 11) is 0. The van der Waals surface area contributed by atoms with Crippen molar-refractivity contribution in [1.29, 1.82) is 0 Å². The minimum Gasteiger partial charge on any atom is -0.491 e. The van der Waals surface area contributed by atoms with Crippen molar-refractivity contribution in [3.63, 3.8) is 0 Å². The molecule has 2 nitrogen and oxygen atoms in total. The average molecular weight is 252 g/mol. The number of benzene rings is 1. The van der Waals surface area contributed by atoms with Crippen molar-refractivity contribution in [3.05, 3.63) is 24.3 Å². The van der Waals surface area contributed by atoms with E-state index in [0.717, 1.165) is 31.4 Å². The van der Waals surface area contributed by atoms with Crippen molar-refractivity contribution in [2.24, 2.45) is 0 Å². The van der Waals surface area contributed by atoms with Crippen LogP contribution in [0.25, 0.3) is 0 Å². The van der Waals surface area contributed by atoms with Crippen molar-refractivity contribution < 1.29 is 9.84 Å². The van der Waals surface area contributed by atoms with Crippen LogP contribution in [0.3, 0.4) is 0 Å². The first-order chi connectivity index (χ1) is 8.22. The summed E-state index contributed by atoms with van der Waals surface area (Å²) in [6, 6.07) is 8.03. The first-order valence-corrected chi connectivity index (χ1v) is 7.44. The Bertz CT molecular complexity index is 342. The third kappa shape index (κ3) is 3.65. The summed E-state index contributed by atoms with van der Waals surface area (Å²) in [5.41, 5.74) is -0.601. The summed E-state index contributed by atoms with van der Waals surface area (Å²) in [5.74, 6) is 0.849. The Morgan fingerprint density at radius 3 is 2.41 bits per heavy atom. The zero-order valence-corrected chi connectivity index (χ0v) is 11.1. The SMILES string of the molecule is CSc1ccc(OCC2(O)CCCCC2)cc1. The first kappa shape index (κ1) is 12.8. The van der Waals surface area contributed by atoms with Crippen LogP contribution in [-0.2, 0) is 0 Å². The van der Waals surface area contributed by atoms with Crippen LogP contribution in [0.1, 0.15) is 32.1 Å². The molecule has 0 atom stereocenters. The second-order valence-corrected chi connectivity index (χ2v) is 5.63. The van der Waals surface area contributed by atoms with Gasteiger partial charge in [-0.1, -0.05) is 19.3 Å². The lowest BCUT2D eigenvalue weighted by atomic mass is 9.85. The Morgan fingerprint density at radius 2 is 1.82 bits per heavy atom. The molecule has 1 fully saturated rings. The quantitative estimate of drug-likeness (QED) is 0.832. The van der Waals surface area contributed by atoms with Crippen molar-refractivity contribution in [1.82, 2.24) is 0 Å². The van der Waals surface area contributed by atoms with Crippen molar-refractivity contribution in [2.45, 2.75) is 42.6 Å². The fourth-order valence-electron chi connectivity index (χ4n) is 2.24. The maximum Gasteiger partial charge on any atom is 0.119 e. The molecule has 1 N–H and O–H groups in total. The van der Waals surface area contributed by atoms with E-state index >= 15 is 0 Å². The number of hydrogen-bond donors (Lipinski definition) is 1. The van der Waals surface area contributed by atoms with E-state index < -0.39 is 5.60 Å². The highest BCUT2D eigenvalue weighted by Gasteiger charge is 2.29. The highest BCUT2D eigenvalue weighted by molar-refractivity contribution is 7.98. The van der Waals surface area contributed by atoms with E-state index in [1.807, 2.05) is 24.3 Å². The monoisotopic (exact) mass is 252 g/mol.